The third kappa shape index (κ3) is 3.15. The van der Waals surface area contributed by atoms with Crippen LogP contribution >= 0.6 is 27.7 Å². The number of hydrogen-bond acceptors (Lipinski definition) is 4. The second-order valence-electron chi connectivity index (χ2n) is 6.03. The highest BCUT2D eigenvalue weighted by Crippen LogP contribution is 2.27. The number of fused-ring (bicyclic) bond motifs is 2. The topological polar surface area (TPSA) is 63.1 Å². The summed E-state index contributed by atoms with van der Waals surface area (Å²) < 4.78 is 4.49. The van der Waals surface area contributed by atoms with Gasteiger partial charge in [0.15, 0.2) is 5.16 Å². The molecule has 1 aromatic carbocycles. The van der Waals surface area contributed by atoms with Gasteiger partial charge >= 0.3 is 0 Å². The summed E-state index contributed by atoms with van der Waals surface area (Å²) >= 11 is 4.89. The summed E-state index contributed by atoms with van der Waals surface area (Å²) in [5.41, 5.74) is 3.12. The Morgan fingerprint density at radius 3 is 2.93 bits per heavy atom. The zero-order valence-corrected chi connectivity index (χ0v) is 16.9. The number of aromatic nitrogens is 3. The molecule has 3 heterocycles. The second-order valence-corrected chi connectivity index (χ2v) is 7.89. The molecule has 0 saturated carbocycles. The van der Waals surface area contributed by atoms with Gasteiger partial charge in [0, 0.05) is 29.2 Å². The van der Waals surface area contributed by atoms with Crippen LogP contribution in [0.5, 0.6) is 0 Å². The maximum Gasteiger partial charge on any atom is 0.262 e. The van der Waals surface area contributed by atoms with Crippen molar-refractivity contribution >= 4 is 44.1 Å². The van der Waals surface area contributed by atoms with Crippen LogP contribution in [0.25, 0.3) is 16.4 Å². The van der Waals surface area contributed by atoms with Crippen LogP contribution in [0.3, 0.4) is 0 Å². The molecule has 4 rings (SSSR count). The summed E-state index contributed by atoms with van der Waals surface area (Å²) in [7, 11) is 0. The first kappa shape index (κ1) is 17.8. The minimum absolute atomic E-state index is 0.0474. The van der Waals surface area contributed by atoms with Crippen molar-refractivity contribution in [2.24, 2.45) is 0 Å². The maximum atomic E-state index is 12.8. The molecule has 0 saturated heterocycles. The monoisotopic (exact) mass is 438 g/mol. The molecule has 0 aliphatic heterocycles. The highest BCUT2D eigenvalue weighted by atomic mass is 79.9. The molecule has 0 N–H and O–H groups in total. The predicted octanol–water partition coefficient (Wildman–Crippen LogP) is 4.60. The average molecular weight is 439 g/mol. The van der Waals surface area contributed by atoms with Gasteiger partial charge in [0.05, 0.1) is 22.0 Å². The van der Waals surface area contributed by atoms with E-state index in [0.29, 0.717) is 33.9 Å². The van der Waals surface area contributed by atoms with Gasteiger partial charge in [-0.3, -0.25) is 9.36 Å². The summed E-state index contributed by atoms with van der Waals surface area (Å²) in [5, 5.41) is 10.8. The van der Waals surface area contributed by atoms with Crippen LogP contribution in [0.15, 0.2) is 63.2 Å². The van der Waals surface area contributed by atoms with Crippen LogP contribution in [0, 0.1) is 11.3 Å². The lowest BCUT2D eigenvalue weighted by atomic mass is 10.2. The molecule has 0 fully saturated rings. The van der Waals surface area contributed by atoms with Gasteiger partial charge in [0.25, 0.3) is 5.56 Å². The van der Waals surface area contributed by atoms with E-state index in [4.69, 9.17) is 0 Å². The molecule has 0 atom stereocenters. The van der Waals surface area contributed by atoms with Crippen LogP contribution in [0.4, 0.5) is 0 Å². The number of nitrogens with zero attached hydrogens (tertiary/aromatic N) is 4. The van der Waals surface area contributed by atoms with Gasteiger partial charge in [-0.25, -0.2) is 4.98 Å². The predicted molar refractivity (Wildman–Crippen MR) is 111 cm³/mol. The van der Waals surface area contributed by atoms with Gasteiger partial charge < -0.3 is 4.40 Å². The van der Waals surface area contributed by atoms with E-state index in [1.54, 1.807) is 10.6 Å². The molecule has 7 heteroatoms. The normalized spacial score (nSPS) is 11.1. The van der Waals surface area contributed by atoms with Gasteiger partial charge in [0.1, 0.15) is 6.07 Å². The van der Waals surface area contributed by atoms with Crippen molar-refractivity contribution in [2.75, 3.05) is 0 Å². The first-order valence-electron chi connectivity index (χ1n) is 8.44. The fourth-order valence-corrected chi connectivity index (χ4v) is 4.52. The molecular formula is C20H15BrN4OS. The first-order valence-corrected chi connectivity index (χ1v) is 10.2. The number of halogens is 1. The fourth-order valence-electron chi connectivity index (χ4n) is 3.12. The lowest BCUT2D eigenvalue weighted by Crippen LogP contribution is -2.22. The van der Waals surface area contributed by atoms with Crippen molar-refractivity contribution in [3.05, 3.63) is 74.7 Å². The molecule has 0 aliphatic rings. The highest BCUT2D eigenvalue weighted by molar-refractivity contribution is 9.10. The Hall–Kier alpha value is -2.56. The molecule has 0 radical (unpaired) electrons. The number of hydrogen-bond donors (Lipinski definition) is 0. The van der Waals surface area contributed by atoms with Crippen LogP contribution in [-0.4, -0.2) is 14.0 Å². The van der Waals surface area contributed by atoms with E-state index in [9.17, 15) is 10.1 Å². The van der Waals surface area contributed by atoms with Crippen molar-refractivity contribution in [3.8, 4) is 6.07 Å². The van der Waals surface area contributed by atoms with Gasteiger partial charge in [-0.15, -0.1) is 0 Å². The lowest BCUT2D eigenvalue weighted by Gasteiger charge is -2.11. The molecule has 3 aromatic heterocycles. The zero-order valence-electron chi connectivity index (χ0n) is 14.5. The standard InChI is InChI=1S/C20H15BrN4OS/c1-2-25-19(26)15-9-14(21)6-7-17(15)23-20(25)27-12-13-11-24-8-4-3-5-18(24)16(13)10-22/h3-9,11H,2,12H2,1H3. The van der Waals surface area contributed by atoms with E-state index in [0.717, 1.165) is 15.6 Å². The Labute approximate surface area is 168 Å². The third-order valence-electron chi connectivity index (χ3n) is 4.43. The molecule has 134 valence electrons. The highest BCUT2D eigenvalue weighted by Gasteiger charge is 2.14. The van der Waals surface area contributed by atoms with Crippen LogP contribution < -0.4 is 5.56 Å². The summed E-state index contributed by atoms with van der Waals surface area (Å²) in [6, 6.07) is 13.6. The smallest absolute Gasteiger partial charge is 0.262 e. The minimum atomic E-state index is -0.0474. The van der Waals surface area contributed by atoms with Crippen molar-refractivity contribution in [3.63, 3.8) is 0 Å². The number of benzene rings is 1. The van der Waals surface area contributed by atoms with Crippen molar-refractivity contribution < 1.29 is 0 Å². The van der Waals surface area contributed by atoms with E-state index in [1.165, 1.54) is 11.8 Å². The largest absolute Gasteiger partial charge is 0.322 e. The van der Waals surface area contributed by atoms with Crippen LogP contribution in [0.1, 0.15) is 18.1 Å². The van der Waals surface area contributed by atoms with Crippen molar-refractivity contribution in [1.29, 1.82) is 5.26 Å². The van der Waals surface area contributed by atoms with Gasteiger partial charge in [-0.1, -0.05) is 33.8 Å². The molecule has 0 bridgehead atoms. The number of rotatable bonds is 4. The zero-order chi connectivity index (χ0) is 19.0. The van der Waals surface area contributed by atoms with Gasteiger partial charge in [-0.05, 0) is 42.8 Å². The average Bonchev–Trinajstić information content (AvgIpc) is 3.04. The van der Waals surface area contributed by atoms with E-state index in [2.05, 4.69) is 27.0 Å². The van der Waals surface area contributed by atoms with Crippen LogP contribution in [0.2, 0.25) is 0 Å². The van der Waals surface area contributed by atoms with Gasteiger partial charge in [0.2, 0.25) is 0 Å². The molecular weight excluding hydrogens is 424 g/mol. The van der Waals surface area contributed by atoms with Crippen LogP contribution in [-0.2, 0) is 12.3 Å². The maximum absolute atomic E-state index is 12.8. The van der Waals surface area contributed by atoms with E-state index >= 15 is 0 Å². The molecule has 5 nitrogen and oxygen atoms in total. The molecule has 0 spiro atoms. The SMILES string of the molecule is CCn1c(SCc2cn3ccccc3c2C#N)nc2ccc(Br)cc2c1=O. The molecule has 0 amide bonds. The number of pyridine rings is 1. The summed E-state index contributed by atoms with van der Waals surface area (Å²) in [6.07, 6.45) is 3.89. The number of thioether (sulfide) groups is 1. The Bertz CT molecular complexity index is 1270. The fraction of sp³-hybridized carbons (Fsp3) is 0.150. The third-order valence-corrected chi connectivity index (χ3v) is 5.95. The van der Waals surface area contributed by atoms with Crippen molar-refractivity contribution in [1.82, 2.24) is 14.0 Å². The number of nitriles is 1. The molecule has 0 aliphatic carbocycles. The Kier molecular flexibility index (Phi) is 4.77. The Balaban J connectivity index is 1.75. The summed E-state index contributed by atoms with van der Waals surface area (Å²) in [6.45, 7) is 2.48. The first-order chi connectivity index (χ1) is 13.1. The molecule has 27 heavy (non-hydrogen) atoms. The summed E-state index contributed by atoms with van der Waals surface area (Å²) in [5.74, 6) is 0.569. The van der Waals surface area contributed by atoms with E-state index in [-0.39, 0.29) is 5.56 Å². The Morgan fingerprint density at radius 2 is 2.15 bits per heavy atom. The molecule has 0 unspecified atom stereocenters. The Morgan fingerprint density at radius 1 is 1.30 bits per heavy atom. The van der Waals surface area contributed by atoms with E-state index < -0.39 is 0 Å². The molecule has 4 aromatic rings. The quantitative estimate of drug-likeness (QED) is 0.345. The summed E-state index contributed by atoms with van der Waals surface area (Å²) in [4.78, 5) is 17.5. The van der Waals surface area contributed by atoms with Crippen molar-refractivity contribution in [2.45, 2.75) is 24.4 Å². The lowest BCUT2D eigenvalue weighted by molar-refractivity contribution is 0.634. The van der Waals surface area contributed by atoms with Gasteiger partial charge in [-0.2, -0.15) is 5.26 Å². The second kappa shape index (κ2) is 7.22. The minimum Gasteiger partial charge on any atom is -0.322 e. The van der Waals surface area contributed by atoms with E-state index in [1.807, 2.05) is 54.0 Å².